The zero-order chi connectivity index (χ0) is 16.7. The van der Waals surface area contributed by atoms with Crippen molar-refractivity contribution in [1.29, 1.82) is 0 Å². The monoisotopic (exact) mass is 346 g/mol. The normalized spacial score (nSPS) is 24.7. The van der Waals surface area contributed by atoms with Gasteiger partial charge in [0.2, 0.25) is 10.0 Å². The van der Waals surface area contributed by atoms with E-state index in [4.69, 9.17) is 4.42 Å². The summed E-state index contributed by atoms with van der Waals surface area (Å²) < 4.78 is 32.7. The molecule has 24 heavy (non-hydrogen) atoms. The summed E-state index contributed by atoms with van der Waals surface area (Å²) in [7, 11) is -3.25. The molecule has 2 atom stereocenters. The molecule has 2 fully saturated rings. The average molecular weight is 346 g/mol. The van der Waals surface area contributed by atoms with Gasteiger partial charge in [-0.05, 0) is 24.6 Å². The second kappa shape index (κ2) is 6.02. The van der Waals surface area contributed by atoms with Crippen molar-refractivity contribution in [3.05, 3.63) is 59.5 Å². The van der Waals surface area contributed by atoms with Crippen LogP contribution in [0.1, 0.15) is 17.1 Å². The highest BCUT2D eigenvalue weighted by atomic mass is 32.2. The van der Waals surface area contributed by atoms with Crippen LogP contribution in [0.15, 0.2) is 46.9 Å². The maximum absolute atomic E-state index is 12.7. The highest BCUT2D eigenvalue weighted by Gasteiger charge is 2.48. The van der Waals surface area contributed by atoms with E-state index in [0.717, 1.165) is 30.2 Å². The molecule has 1 aromatic heterocycles. The molecule has 1 aromatic carbocycles. The van der Waals surface area contributed by atoms with E-state index in [9.17, 15) is 8.42 Å². The van der Waals surface area contributed by atoms with Crippen LogP contribution < -0.4 is 0 Å². The van der Waals surface area contributed by atoms with Crippen LogP contribution in [0.4, 0.5) is 0 Å². The van der Waals surface area contributed by atoms with Gasteiger partial charge in [-0.1, -0.05) is 30.3 Å². The maximum atomic E-state index is 12.7. The third-order valence-electron chi connectivity index (χ3n) is 5.05. The Morgan fingerprint density at radius 2 is 1.88 bits per heavy atom. The number of aryl methyl sites for hydroxylation is 1. The van der Waals surface area contributed by atoms with Gasteiger partial charge >= 0.3 is 0 Å². The number of nitrogens with zero attached hydrogens (tertiary/aromatic N) is 2. The van der Waals surface area contributed by atoms with Crippen molar-refractivity contribution < 1.29 is 12.8 Å². The quantitative estimate of drug-likeness (QED) is 0.833. The van der Waals surface area contributed by atoms with Gasteiger partial charge in [-0.15, -0.1) is 0 Å². The Bertz CT molecular complexity index is 816. The zero-order valence-corrected chi connectivity index (χ0v) is 14.6. The fourth-order valence-corrected chi connectivity index (χ4v) is 5.36. The maximum Gasteiger partial charge on any atom is 0.218 e. The molecule has 2 aromatic rings. The van der Waals surface area contributed by atoms with Gasteiger partial charge in [-0.25, -0.2) is 8.42 Å². The van der Waals surface area contributed by atoms with Crippen LogP contribution in [0.3, 0.4) is 0 Å². The second-order valence-corrected chi connectivity index (χ2v) is 8.80. The number of rotatable bonds is 5. The fourth-order valence-electron chi connectivity index (χ4n) is 3.76. The largest absolute Gasteiger partial charge is 0.465 e. The van der Waals surface area contributed by atoms with Crippen LogP contribution in [0, 0.1) is 12.8 Å². The van der Waals surface area contributed by atoms with Crippen molar-refractivity contribution in [3.8, 4) is 0 Å². The van der Waals surface area contributed by atoms with Gasteiger partial charge in [0.15, 0.2) is 0 Å². The second-order valence-electron chi connectivity index (χ2n) is 6.83. The molecule has 2 aliphatic heterocycles. The van der Waals surface area contributed by atoms with Gasteiger partial charge in [0.1, 0.15) is 11.5 Å². The fraction of sp³-hybridized carbons (Fsp3) is 0.444. The SMILES string of the molecule is Cc1ccc(CN2C[C@@H]3CN(S(=O)(=O)Cc4ccccc4)C[C@H]32)o1. The first-order valence-corrected chi connectivity index (χ1v) is 9.93. The van der Waals surface area contributed by atoms with Gasteiger partial charge in [-0.3, -0.25) is 4.90 Å². The molecule has 128 valence electrons. The van der Waals surface area contributed by atoms with Crippen molar-refractivity contribution in [1.82, 2.24) is 9.21 Å². The summed E-state index contributed by atoms with van der Waals surface area (Å²) in [6.07, 6.45) is 0. The highest BCUT2D eigenvalue weighted by molar-refractivity contribution is 7.88. The molecule has 0 spiro atoms. The molecule has 0 amide bonds. The Kier molecular flexibility index (Phi) is 3.98. The molecule has 2 saturated heterocycles. The molecular formula is C18H22N2O3S. The van der Waals surface area contributed by atoms with Crippen molar-refractivity contribution in [2.45, 2.75) is 25.3 Å². The first kappa shape index (κ1) is 15.9. The van der Waals surface area contributed by atoms with E-state index in [1.807, 2.05) is 49.4 Å². The molecule has 0 unspecified atom stereocenters. The molecule has 0 aliphatic carbocycles. The number of likely N-dealkylation sites (tertiary alicyclic amines) is 1. The molecule has 0 saturated carbocycles. The van der Waals surface area contributed by atoms with Crippen LogP contribution in [-0.4, -0.2) is 43.3 Å². The smallest absolute Gasteiger partial charge is 0.218 e. The number of furan rings is 1. The predicted octanol–water partition coefficient (Wildman–Crippen LogP) is 2.23. The molecule has 6 heteroatoms. The Morgan fingerprint density at radius 1 is 1.08 bits per heavy atom. The summed E-state index contributed by atoms with van der Waals surface area (Å²) in [5.74, 6) is 2.41. The lowest BCUT2D eigenvalue weighted by atomic mass is 9.92. The summed E-state index contributed by atoms with van der Waals surface area (Å²) >= 11 is 0. The minimum atomic E-state index is -3.25. The number of hydrogen-bond donors (Lipinski definition) is 0. The molecule has 0 radical (unpaired) electrons. The average Bonchev–Trinajstić information content (AvgIpc) is 3.09. The Morgan fingerprint density at radius 3 is 2.58 bits per heavy atom. The van der Waals surface area contributed by atoms with Gasteiger partial charge in [0.25, 0.3) is 0 Å². The number of fused-ring (bicyclic) bond motifs is 1. The summed E-state index contributed by atoms with van der Waals surface area (Å²) in [4.78, 5) is 2.32. The molecule has 3 heterocycles. The highest BCUT2D eigenvalue weighted by Crippen LogP contribution is 2.35. The lowest BCUT2D eigenvalue weighted by molar-refractivity contribution is 0.0369. The van der Waals surface area contributed by atoms with Crippen molar-refractivity contribution in [3.63, 3.8) is 0 Å². The lowest BCUT2D eigenvalue weighted by Crippen LogP contribution is -2.54. The van der Waals surface area contributed by atoms with Crippen LogP contribution in [0.2, 0.25) is 0 Å². The van der Waals surface area contributed by atoms with Crippen LogP contribution in [-0.2, 0) is 22.3 Å². The van der Waals surface area contributed by atoms with E-state index in [1.54, 1.807) is 4.31 Å². The van der Waals surface area contributed by atoms with Gasteiger partial charge in [0, 0.05) is 31.6 Å². The topological polar surface area (TPSA) is 53.8 Å². The van der Waals surface area contributed by atoms with Gasteiger partial charge in [-0.2, -0.15) is 4.31 Å². The summed E-state index contributed by atoms with van der Waals surface area (Å²) in [6.45, 7) is 4.90. The first-order chi connectivity index (χ1) is 11.5. The summed E-state index contributed by atoms with van der Waals surface area (Å²) in [6, 6.07) is 13.7. The van der Waals surface area contributed by atoms with Crippen molar-refractivity contribution in [2.24, 2.45) is 5.92 Å². The van der Waals surface area contributed by atoms with E-state index < -0.39 is 10.0 Å². The molecule has 0 N–H and O–H groups in total. The Hall–Kier alpha value is -1.63. The molecule has 5 nitrogen and oxygen atoms in total. The van der Waals surface area contributed by atoms with Crippen LogP contribution >= 0.6 is 0 Å². The van der Waals surface area contributed by atoms with E-state index in [0.29, 0.717) is 25.0 Å². The molecule has 2 aliphatic rings. The van der Waals surface area contributed by atoms with E-state index in [-0.39, 0.29) is 5.75 Å². The Balaban J connectivity index is 1.39. The first-order valence-electron chi connectivity index (χ1n) is 8.32. The van der Waals surface area contributed by atoms with Crippen LogP contribution in [0.25, 0.3) is 0 Å². The van der Waals surface area contributed by atoms with E-state index >= 15 is 0 Å². The number of hydrogen-bond acceptors (Lipinski definition) is 4. The van der Waals surface area contributed by atoms with Crippen molar-refractivity contribution in [2.75, 3.05) is 19.6 Å². The summed E-state index contributed by atoms with van der Waals surface area (Å²) in [5, 5.41) is 0. The predicted molar refractivity (Wildman–Crippen MR) is 91.8 cm³/mol. The van der Waals surface area contributed by atoms with Crippen LogP contribution in [0.5, 0.6) is 0 Å². The van der Waals surface area contributed by atoms with Crippen molar-refractivity contribution >= 4 is 10.0 Å². The number of sulfonamides is 1. The third-order valence-corrected chi connectivity index (χ3v) is 6.83. The van der Waals surface area contributed by atoms with E-state index in [2.05, 4.69) is 4.90 Å². The summed E-state index contributed by atoms with van der Waals surface area (Å²) in [5.41, 5.74) is 0.847. The third kappa shape index (κ3) is 3.01. The minimum absolute atomic E-state index is 0.0880. The minimum Gasteiger partial charge on any atom is -0.465 e. The molecular weight excluding hydrogens is 324 g/mol. The van der Waals surface area contributed by atoms with Gasteiger partial charge in [0.05, 0.1) is 12.3 Å². The standard InChI is InChI=1S/C18H22N2O3S/c1-14-7-8-17(23-14)11-19-9-16-10-20(12-18(16)19)24(21,22)13-15-5-3-2-4-6-15/h2-8,16,18H,9-13H2,1H3/t16-,18-/m1/s1. The molecule has 0 bridgehead atoms. The van der Waals surface area contributed by atoms with Gasteiger partial charge < -0.3 is 4.42 Å². The van der Waals surface area contributed by atoms with E-state index in [1.165, 1.54) is 0 Å². The molecule has 4 rings (SSSR count). The zero-order valence-electron chi connectivity index (χ0n) is 13.8. The Labute approximate surface area is 142 Å². The number of benzene rings is 1. The lowest BCUT2D eigenvalue weighted by Gasteiger charge is -2.43.